The third-order valence-corrected chi connectivity index (χ3v) is 6.10. The summed E-state index contributed by atoms with van der Waals surface area (Å²) in [5.41, 5.74) is 5.68. The van der Waals surface area contributed by atoms with E-state index in [4.69, 9.17) is 11.6 Å². The summed E-state index contributed by atoms with van der Waals surface area (Å²) in [6.07, 6.45) is 2.95. The Hall–Kier alpha value is -3.28. The monoisotopic (exact) mass is 458 g/mol. The van der Waals surface area contributed by atoms with E-state index >= 15 is 0 Å². The summed E-state index contributed by atoms with van der Waals surface area (Å²) in [6.45, 7) is 4.24. The number of halogens is 1. The van der Waals surface area contributed by atoms with Crippen LogP contribution in [0.3, 0.4) is 0 Å². The fraction of sp³-hybridized carbons (Fsp3) is 0.115. The smallest absolute Gasteiger partial charge is 0.210 e. The second-order valence-corrected chi connectivity index (χ2v) is 8.62. The van der Waals surface area contributed by atoms with E-state index in [2.05, 4.69) is 70.7 Å². The minimum absolute atomic E-state index is 0.693. The topological polar surface area (TPSA) is 50.7 Å². The predicted molar refractivity (Wildman–Crippen MR) is 136 cm³/mol. The lowest BCUT2D eigenvalue weighted by atomic mass is 10.1. The molecule has 32 heavy (non-hydrogen) atoms. The normalized spacial score (nSPS) is 10.5. The molecule has 4 nitrogen and oxygen atoms in total. The van der Waals surface area contributed by atoms with Crippen LogP contribution >= 0.6 is 22.9 Å². The van der Waals surface area contributed by atoms with Crippen molar-refractivity contribution in [1.29, 1.82) is 0 Å². The highest BCUT2D eigenvalue weighted by atomic mass is 35.5. The number of aryl methyl sites for hydroxylation is 2. The Kier molecular flexibility index (Phi) is 7.10. The van der Waals surface area contributed by atoms with E-state index < -0.39 is 0 Å². The van der Waals surface area contributed by atoms with Gasteiger partial charge in [-0.05, 0) is 54.8 Å². The quantitative estimate of drug-likeness (QED) is 0.299. The van der Waals surface area contributed by atoms with Gasteiger partial charge >= 0.3 is 0 Å². The molecule has 5 aromatic rings. The van der Waals surface area contributed by atoms with Crippen LogP contribution in [0.2, 0.25) is 5.02 Å². The number of pyridine rings is 1. The number of anilines is 2. The Morgan fingerprint density at radius 1 is 0.906 bits per heavy atom. The second kappa shape index (κ2) is 10.4. The van der Waals surface area contributed by atoms with Crippen LogP contribution in [0.5, 0.6) is 0 Å². The van der Waals surface area contributed by atoms with Gasteiger partial charge in [0.15, 0.2) is 0 Å². The van der Waals surface area contributed by atoms with Crippen LogP contribution in [0.4, 0.5) is 10.8 Å². The van der Waals surface area contributed by atoms with Gasteiger partial charge in [-0.15, -0.1) is 10.2 Å². The molecule has 3 aromatic carbocycles. The van der Waals surface area contributed by atoms with Gasteiger partial charge < -0.3 is 5.32 Å². The van der Waals surface area contributed by atoms with Gasteiger partial charge in [0.05, 0.1) is 5.52 Å². The lowest BCUT2D eigenvalue weighted by Crippen LogP contribution is -1.88. The van der Waals surface area contributed by atoms with Crippen molar-refractivity contribution in [3.8, 4) is 10.6 Å². The average Bonchev–Trinajstić information content (AvgIpc) is 3.27. The third-order valence-electron chi connectivity index (χ3n) is 5.00. The number of hydrogen-bond donors (Lipinski definition) is 1. The third kappa shape index (κ3) is 5.31. The first-order valence-corrected chi connectivity index (χ1v) is 11.6. The van der Waals surface area contributed by atoms with Crippen molar-refractivity contribution in [3.05, 3.63) is 101 Å². The predicted octanol–water partition coefficient (Wildman–Crippen LogP) is 7.71. The van der Waals surface area contributed by atoms with Crippen molar-refractivity contribution in [1.82, 2.24) is 15.2 Å². The molecule has 0 unspecified atom stereocenters. The second-order valence-electron chi connectivity index (χ2n) is 7.20. The molecule has 6 heteroatoms. The van der Waals surface area contributed by atoms with Crippen LogP contribution in [0, 0.1) is 6.92 Å². The Labute approximate surface area is 197 Å². The molecule has 0 spiro atoms. The van der Waals surface area contributed by atoms with Gasteiger partial charge in [0.1, 0.15) is 5.01 Å². The van der Waals surface area contributed by atoms with Crippen molar-refractivity contribution in [3.63, 3.8) is 0 Å². The first-order valence-electron chi connectivity index (χ1n) is 10.4. The molecule has 0 fully saturated rings. The Bertz CT molecular complexity index is 1330. The van der Waals surface area contributed by atoms with Gasteiger partial charge in [0.25, 0.3) is 0 Å². The van der Waals surface area contributed by atoms with Crippen LogP contribution in [0.15, 0.2) is 85.1 Å². The van der Waals surface area contributed by atoms with Crippen molar-refractivity contribution in [2.24, 2.45) is 0 Å². The van der Waals surface area contributed by atoms with E-state index in [9.17, 15) is 0 Å². The SMILES string of the molecule is CCc1ccnc2ccccc12.Cc1ccccc1-c1nnc(Nc2cccc(Cl)c2)s1. The molecule has 0 bridgehead atoms. The van der Waals surface area contributed by atoms with Crippen molar-refractivity contribution in [2.45, 2.75) is 20.3 Å². The molecule has 1 N–H and O–H groups in total. The number of rotatable bonds is 4. The number of nitrogens with zero attached hydrogens (tertiary/aromatic N) is 3. The van der Waals surface area contributed by atoms with E-state index in [-0.39, 0.29) is 0 Å². The molecule has 2 heterocycles. The molecule has 0 atom stereocenters. The van der Waals surface area contributed by atoms with Gasteiger partial charge in [-0.1, -0.05) is 78.4 Å². The molecule has 0 saturated carbocycles. The first kappa shape index (κ1) is 21.9. The summed E-state index contributed by atoms with van der Waals surface area (Å²) < 4.78 is 0. The van der Waals surface area contributed by atoms with Crippen molar-refractivity contribution in [2.75, 3.05) is 5.32 Å². The molecule has 0 aliphatic carbocycles. The lowest BCUT2D eigenvalue weighted by molar-refractivity contribution is 1.10. The molecule has 0 radical (unpaired) electrons. The highest BCUT2D eigenvalue weighted by Crippen LogP contribution is 2.30. The van der Waals surface area contributed by atoms with Crippen LogP contribution in [0.1, 0.15) is 18.1 Å². The van der Waals surface area contributed by atoms with Gasteiger partial charge in [-0.25, -0.2) is 0 Å². The summed E-state index contributed by atoms with van der Waals surface area (Å²) in [6, 6.07) is 26.0. The lowest BCUT2D eigenvalue weighted by Gasteiger charge is -2.01. The highest BCUT2D eigenvalue weighted by molar-refractivity contribution is 7.18. The molecule has 0 aliphatic rings. The van der Waals surface area contributed by atoms with Gasteiger partial charge in [-0.3, -0.25) is 4.98 Å². The standard InChI is InChI=1S/C15H12ClN3S.C11H11N/c1-10-5-2-3-8-13(10)14-18-19-15(20-14)17-12-7-4-6-11(16)9-12;1-2-9-7-8-12-11-6-4-3-5-10(9)11/h2-9H,1H3,(H,17,19);3-8H,2H2,1H3. The maximum atomic E-state index is 5.96. The largest absolute Gasteiger partial charge is 0.330 e. The molecule has 0 aliphatic heterocycles. The maximum Gasteiger partial charge on any atom is 0.210 e. The molecule has 160 valence electrons. The van der Waals surface area contributed by atoms with E-state index in [1.807, 2.05) is 48.7 Å². The van der Waals surface area contributed by atoms with Crippen LogP contribution < -0.4 is 5.32 Å². The van der Waals surface area contributed by atoms with Gasteiger partial charge in [0.2, 0.25) is 5.13 Å². The van der Waals surface area contributed by atoms with E-state index in [1.54, 1.807) is 0 Å². The summed E-state index contributed by atoms with van der Waals surface area (Å²) in [4.78, 5) is 4.29. The number of hydrogen-bond acceptors (Lipinski definition) is 5. The Morgan fingerprint density at radius 3 is 2.53 bits per heavy atom. The minimum Gasteiger partial charge on any atom is -0.330 e. The number of benzene rings is 3. The summed E-state index contributed by atoms with van der Waals surface area (Å²) in [5, 5.41) is 15.3. The Balaban J connectivity index is 0.000000174. The molecule has 5 rings (SSSR count). The minimum atomic E-state index is 0.693. The Morgan fingerprint density at radius 2 is 1.72 bits per heavy atom. The zero-order chi connectivity index (χ0) is 22.3. The van der Waals surface area contributed by atoms with Crippen molar-refractivity contribution >= 4 is 44.7 Å². The number of aromatic nitrogens is 3. The van der Waals surface area contributed by atoms with Gasteiger partial charge in [-0.2, -0.15) is 0 Å². The zero-order valence-corrected chi connectivity index (χ0v) is 19.5. The first-order chi connectivity index (χ1) is 15.6. The van der Waals surface area contributed by atoms with Crippen molar-refractivity contribution < 1.29 is 0 Å². The number of para-hydroxylation sites is 1. The fourth-order valence-electron chi connectivity index (χ4n) is 3.35. The molecular formula is C26H23ClN4S. The summed E-state index contributed by atoms with van der Waals surface area (Å²) >= 11 is 7.48. The average molecular weight is 459 g/mol. The molecule has 2 aromatic heterocycles. The van der Waals surface area contributed by atoms with Gasteiger partial charge in [0, 0.05) is 27.9 Å². The number of fused-ring (bicyclic) bond motifs is 1. The molecule has 0 amide bonds. The number of nitrogens with one attached hydrogen (secondary N) is 1. The zero-order valence-electron chi connectivity index (χ0n) is 17.9. The van der Waals surface area contributed by atoms with Crippen LogP contribution in [-0.2, 0) is 6.42 Å². The van der Waals surface area contributed by atoms with E-state index in [1.165, 1.54) is 27.8 Å². The summed E-state index contributed by atoms with van der Waals surface area (Å²) in [5.74, 6) is 0. The fourth-order valence-corrected chi connectivity index (χ4v) is 4.39. The maximum absolute atomic E-state index is 5.96. The van der Waals surface area contributed by atoms with Crippen LogP contribution in [-0.4, -0.2) is 15.2 Å². The summed E-state index contributed by atoms with van der Waals surface area (Å²) in [7, 11) is 0. The van der Waals surface area contributed by atoms with Crippen LogP contribution in [0.25, 0.3) is 21.5 Å². The van der Waals surface area contributed by atoms with E-state index in [0.29, 0.717) is 5.02 Å². The molecular weight excluding hydrogens is 436 g/mol. The molecule has 0 saturated heterocycles. The van der Waals surface area contributed by atoms with E-state index in [0.717, 1.165) is 33.3 Å². The highest BCUT2D eigenvalue weighted by Gasteiger charge is 2.08.